The van der Waals surface area contributed by atoms with Gasteiger partial charge in [-0.2, -0.15) is 4.57 Å². The standard InChI is InChI=1S/C31H35N2.C23H27N2.C23H29N2.C21H19N2.C15H15N2.CH4/c1-20-17-21(2)19-24(18-20)28-26(23-14-10-9-11-15-23)29-31(6,7)30(4,5)25-16-12-13-22(3)27(25)33(29)32(28)8;1-16-11-10-14-19-20(16)25-21(23(4,5)22(19,2)3)18(15-24(25)6)17-12-8-7-9-13-17;1-16(2)19-12-9-13-20(17(3)4)22(19)25-15-14-24(6)23(25)21-11-8-7-10-18(21)5;1-16-10-6-8-14-19(16)23-20-15-9-7-13-18(20)21(22(23)2)17-11-4-3-5-12-17;1-12-7-3-5-9-14(12)17-15-10-6-4-8-13(15)11-16(17)2;/h9-19H,1-8H3;7-15H,1-6H3;7-17H,1-6H3;3-15H,1-2H3;3-11H,1-2H3;1H4/q5*+1;. The highest BCUT2D eigenvalue weighted by molar-refractivity contribution is 5.92. The third kappa shape index (κ3) is 15.5. The number of aromatic nitrogens is 10. The van der Waals surface area contributed by atoms with Gasteiger partial charge in [-0.3, -0.25) is 0 Å². The molecule has 0 unspecified atom stereocenters. The van der Waals surface area contributed by atoms with Crippen molar-refractivity contribution in [1.82, 2.24) is 23.3 Å². The van der Waals surface area contributed by atoms with Crippen LogP contribution in [0.5, 0.6) is 0 Å². The Hall–Kier alpha value is -12.8. The molecule has 0 radical (unpaired) electrons. The van der Waals surface area contributed by atoms with Crippen LogP contribution in [0.3, 0.4) is 0 Å². The van der Waals surface area contributed by atoms with Gasteiger partial charge >= 0.3 is 0 Å². The van der Waals surface area contributed by atoms with Gasteiger partial charge in [0.25, 0.3) is 5.82 Å². The van der Waals surface area contributed by atoms with Gasteiger partial charge in [0.15, 0.2) is 28.2 Å². The Morgan fingerprint density at radius 2 is 0.758 bits per heavy atom. The smallest absolute Gasteiger partial charge is 0.232 e. The van der Waals surface area contributed by atoms with E-state index in [4.69, 9.17) is 0 Å². The molecule has 10 nitrogen and oxygen atoms in total. The van der Waals surface area contributed by atoms with Crippen LogP contribution in [0.25, 0.3) is 106 Å². The lowest BCUT2D eigenvalue weighted by Gasteiger charge is -2.46. The van der Waals surface area contributed by atoms with Crippen molar-refractivity contribution in [2.75, 3.05) is 0 Å². The Kier molecular flexibility index (Phi) is 24.6. The van der Waals surface area contributed by atoms with E-state index in [0.29, 0.717) is 11.8 Å². The number of imidazole rings is 1. The zero-order valence-corrected chi connectivity index (χ0v) is 77.1. The second-order valence-corrected chi connectivity index (χ2v) is 37.0. The molecule has 10 heteroatoms. The molecule has 17 aromatic rings. The molecule has 2 aliphatic rings. The van der Waals surface area contributed by atoms with Crippen molar-refractivity contribution in [3.63, 3.8) is 0 Å². The first-order chi connectivity index (χ1) is 58.8. The molecule has 5 aromatic heterocycles. The number of aryl methyl sites for hydroxylation is 10. The van der Waals surface area contributed by atoms with E-state index < -0.39 is 0 Å². The van der Waals surface area contributed by atoms with Crippen molar-refractivity contribution in [2.45, 2.75) is 172 Å². The fourth-order valence-electron chi connectivity index (χ4n) is 19.5. The van der Waals surface area contributed by atoms with E-state index in [1.165, 1.54) is 179 Å². The fraction of sp³-hybridized carbons (Fsp3) is 0.272. The molecular formula is C114H129N10+5. The summed E-state index contributed by atoms with van der Waals surface area (Å²) in [7, 11) is 10.7. The molecule has 0 aliphatic carbocycles. The van der Waals surface area contributed by atoms with E-state index in [0.717, 1.165) is 0 Å². The minimum absolute atomic E-state index is 0. The average molecular weight is 1640 g/mol. The minimum atomic E-state index is -0.0894. The summed E-state index contributed by atoms with van der Waals surface area (Å²) in [6.45, 7) is 43.7. The molecule has 0 bridgehead atoms. The Morgan fingerprint density at radius 1 is 0.323 bits per heavy atom. The van der Waals surface area contributed by atoms with Gasteiger partial charge in [-0.25, -0.2) is 4.57 Å². The molecule has 19 rings (SSSR count). The number of nitrogens with zero attached hydrogens (tertiary/aromatic N) is 10. The molecule has 0 saturated carbocycles. The van der Waals surface area contributed by atoms with Crippen molar-refractivity contribution in [1.29, 1.82) is 0 Å². The van der Waals surface area contributed by atoms with Crippen molar-refractivity contribution in [3.8, 4) is 84.6 Å². The third-order valence-electron chi connectivity index (χ3n) is 27.1. The van der Waals surface area contributed by atoms with Gasteiger partial charge in [0.2, 0.25) is 23.8 Å². The normalized spacial score (nSPS) is 13.5. The summed E-state index contributed by atoms with van der Waals surface area (Å²) in [6.07, 6.45) is 8.80. The van der Waals surface area contributed by atoms with E-state index in [2.05, 4.69) is 523 Å². The van der Waals surface area contributed by atoms with Crippen molar-refractivity contribution in [2.24, 2.45) is 35.2 Å². The first-order valence-corrected chi connectivity index (χ1v) is 43.9. The first-order valence-electron chi connectivity index (χ1n) is 43.9. The summed E-state index contributed by atoms with van der Waals surface area (Å²) in [4.78, 5) is 0. The van der Waals surface area contributed by atoms with Crippen molar-refractivity contribution < 1.29 is 23.3 Å². The van der Waals surface area contributed by atoms with Crippen LogP contribution < -0.4 is 23.3 Å². The Morgan fingerprint density at radius 3 is 1.31 bits per heavy atom. The number of benzene rings is 12. The Balaban J connectivity index is 0.000000128. The van der Waals surface area contributed by atoms with Gasteiger partial charge in [0.05, 0.1) is 34.5 Å². The fourth-order valence-corrected chi connectivity index (χ4v) is 19.5. The van der Waals surface area contributed by atoms with Crippen LogP contribution in [-0.4, -0.2) is 23.3 Å². The van der Waals surface area contributed by atoms with Crippen LogP contribution in [0, 0.1) is 48.5 Å². The first kappa shape index (κ1) is 87.6. The second kappa shape index (κ2) is 34.8. The van der Waals surface area contributed by atoms with Crippen LogP contribution in [0.15, 0.2) is 310 Å². The highest BCUT2D eigenvalue weighted by atomic mass is 15.4. The highest BCUT2D eigenvalue weighted by Crippen LogP contribution is 2.56. The summed E-state index contributed by atoms with van der Waals surface area (Å²) in [5.41, 5.74) is 37.9. The predicted molar refractivity (Wildman–Crippen MR) is 517 cm³/mol. The van der Waals surface area contributed by atoms with Crippen LogP contribution in [0.4, 0.5) is 0 Å². The van der Waals surface area contributed by atoms with E-state index >= 15 is 0 Å². The summed E-state index contributed by atoms with van der Waals surface area (Å²) >= 11 is 0. The van der Waals surface area contributed by atoms with Gasteiger partial charge in [0, 0.05) is 43.9 Å². The molecule has 0 spiro atoms. The molecule has 0 atom stereocenters. The van der Waals surface area contributed by atoms with E-state index in [1.54, 1.807) is 0 Å². The molecule has 0 saturated heterocycles. The van der Waals surface area contributed by atoms with Gasteiger partial charge in [-0.15, -0.1) is 37.5 Å². The predicted octanol–water partition coefficient (Wildman–Crippen LogP) is 25.3. The number of hydrogen-bond donors (Lipinski definition) is 0. The maximum absolute atomic E-state index is 2.51. The molecule has 2 aliphatic heterocycles. The van der Waals surface area contributed by atoms with E-state index in [1.807, 2.05) is 0 Å². The summed E-state index contributed by atoms with van der Waals surface area (Å²) < 4.78 is 23.1. The summed E-state index contributed by atoms with van der Waals surface area (Å²) in [5, 5.41) is 2.53. The molecule has 0 fully saturated rings. The topological polar surface area (TPSA) is 44.0 Å². The van der Waals surface area contributed by atoms with Crippen molar-refractivity contribution >= 4 is 21.8 Å². The average Bonchev–Trinajstić information content (AvgIpc) is 1.51. The van der Waals surface area contributed by atoms with Gasteiger partial charge in [-0.05, 0) is 177 Å². The summed E-state index contributed by atoms with van der Waals surface area (Å²) in [6, 6.07) is 102. The Bertz CT molecular complexity index is 6710. The van der Waals surface area contributed by atoms with Crippen molar-refractivity contribution in [3.05, 3.63) is 382 Å². The monoisotopic (exact) mass is 1640 g/mol. The lowest BCUT2D eigenvalue weighted by atomic mass is 9.59. The molecule has 124 heavy (non-hydrogen) atoms. The lowest BCUT2D eigenvalue weighted by molar-refractivity contribution is -0.745. The van der Waals surface area contributed by atoms with E-state index in [9.17, 15) is 0 Å². The van der Waals surface area contributed by atoms with Crippen LogP contribution >= 0.6 is 0 Å². The molecule has 630 valence electrons. The number of hydrogen-bond acceptors (Lipinski definition) is 0. The van der Waals surface area contributed by atoms with Gasteiger partial charge in [-0.1, -0.05) is 320 Å². The molecule has 0 N–H and O–H groups in total. The minimum Gasteiger partial charge on any atom is -0.232 e. The Labute approximate surface area is 738 Å². The number of fused-ring (bicyclic) bond motifs is 8. The number of para-hydroxylation sites is 7. The molecule has 7 heterocycles. The second-order valence-electron chi connectivity index (χ2n) is 37.0. The molecular weight excluding hydrogens is 1510 g/mol. The number of rotatable bonds is 10. The van der Waals surface area contributed by atoms with E-state index in [-0.39, 0.29) is 29.1 Å². The highest BCUT2D eigenvalue weighted by Gasteiger charge is 2.54. The third-order valence-corrected chi connectivity index (χ3v) is 27.1. The maximum atomic E-state index is 2.51. The summed E-state index contributed by atoms with van der Waals surface area (Å²) in [5.74, 6) is 2.19. The maximum Gasteiger partial charge on any atom is 0.294 e. The van der Waals surface area contributed by atoms with Crippen LogP contribution in [0.2, 0.25) is 0 Å². The lowest BCUT2D eigenvalue weighted by Crippen LogP contribution is -2.51. The molecule has 12 aromatic carbocycles. The molecule has 0 amide bonds. The zero-order chi connectivity index (χ0) is 87.5. The van der Waals surface area contributed by atoms with Gasteiger partial charge in [0.1, 0.15) is 63.3 Å². The SMILES string of the molecule is C.Cc1cc(C)cc(-c2c(-c3ccccc3)c3n([n+]2C)-c2c(C)cccc2C(C)(C)C3(C)C)c1.Cc1cccc2c1-n1c(c(-c3ccccc3)c[n+]1C)C(C)(C)C2(C)C.Cc1ccccc1-c1n(-c2c(C(C)C)cccc2C(C)C)cc[n+]1C.Cc1ccccc1-n1c2ccccc2c(-c2ccccc2)[n+]1C.Cc1ccccc1-n1c2ccccc2c[n+]1C. The zero-order valence-electron chi connectivity index (χ0n) is 77.1. The van der Waals surface area contributed by atoms with Crippen LogP contribution in [0.1, 0.15) is 175 Å². The largest absolute Gasteiger partial charge is 0.294 e. The quantitative estimate of drug-likeness (QED) is 0.123. The van der Waals surface area contributed by atoms with Crippen LogP contribution in [-0.2, 0) is 56.9 Å². The van der Waals surface area contributed by atoms with Gasteiger partial charge < -0.3 is 0 Å².